The number of hydrogen-bond donors (Lipinski definition) is 1. The van der Waals surface area contributed by atoms with Crippen LogP contribution >= 0.6 is 0 Å². The molecule has 0 amide bonds. The molecule has 1 aromatic rings. The van der Waals surface area contributed by atoms with Gasteiger partial charge in [-0.25, -0.2) is 0 Å². The van der Waals surface area contributed by atoms with Crippen molar-refractivity contribution in [1.82, 2.24) is 20.0 Å². The third-order valence-electron chi connectivity index (χ3n) is 2.26. The first-order chi connectivity index (χ1) is 7.08. The SMILES string of the molecule is CC(C)NCCN(C)Cc1cnn(C)c1. The first-order valence-corrected chi connectivity index (χ1v) is 5.47. The Morgan fingerprint density at radius 3 is 2.80 bits per heavy atom. The Kier molecular flexibility index (Phi) is 4.78. The van der Waals surface area contributed by atoms with Crippen LogP contribution in [0.2, 0.25) is 0 Å². The fourth-order valence-corrected chi connectivity index (χ4v) is 1.49. The molecule has 0 spiro atoms. The van der Waals surface area contributed by atoms with Crippen LogP contribution < -0.4 is 5.32 Å². The van der Waals surface area contributed by atoms with Gasteiger partial charge in [-0.15, -0.1) is 0 Å². The molecule has 0 aliphatic carbocycles. The van der Waals surface area contributed by atoms with Crippen molar-refractivity contribution in [1.29, 1.82) is 0 Å². The van der Waals surface area contributed by atoms with E-state index in [0.717, 1.165) is 19.6 Å². The lowest BCUT2D eigenvalue weighted by molar-refractivity contribution is 0.320. The van der Waals surface area contributed by atoms with Gasteiger partial charge in [0.25, 0.3) is 0 Å². The number of aromatic nitrogens is 2. The zero-order chi connectivity index (χ0) is 11.3. The Morgan fingerprint density at radius 2 is 2.27 bits per heavy atom. The van der Waals surface area contributed by atoms with Gasteiger partial charge in [-0.3, -0.25) is 4.68 Å². The summed E-state index contributed by atoms with van der Waals surface area (Å²) in [6, 6.07) is 0.566. The van der Waals surface area contributed by atoms with E-state index in [1.54, 1.807) is 0 Å². The monoisotopic (exact) mass is 210 g/mol. The third-order valence-corrected chi connectivity index (χ3v) is 2.26. The van der Waals surface area contributed by atoms with Crippen molar-refractivity contribution in [3.63, 3.8) is 0 Å². The van der Waals surface area contributed by atoms with Crippen molar-refractivity contribution in [3.8, 4) is 0 Å². The van der Waals surface area contributed by atoms with Gasteiger partial charge in [0.1, 0.15) is 0 Å². The molecule has 0 fully saturated rings. The van der Waals surface area contributed by atoms with E-state index in [1.807, 2.05) is 17.9 Å². The first kappa shape index (κ1) is 12.2. The Balaban J connectivity index is 2.21. The van der Waals surface area contributed by atoms with E-state index < -0.39 is 0 Å². The average molecular weight is 210 g/mol. The van der Waals surface area contributed by atoms with Crippen LogP contribution in [0.3, 0.4) is 0 Å². The molecule has 0 bridgehead atoms. The zero-order valence-electron chi connectivity index (χ0n) is 10.2. The van der Waals surface area contributed by atoms with Gasteiger partial charge in [-0.2, -0.15) is 5.10 Å². The topological polar surface area (TPSA) is 33.1 Å². The minimum Gasteiger partial charge on any atom is -0.313 e. The van der Waals surface area contributed by atoms with Crippen LogP contribution in [0, 0.1) is 0 Å². The minimum absolute atomic E-state index is 0.566. The van der Waals surface area contributed by atoms with Gasteiger partial charge in [-0.1, -0.05) is 13.8 Å². The van der Waals surface area contributed by atoms with Crippen LogP contribution in [-0.2, 0) is 13.6 Å². The molecule has 1 rings (SSSR count). The summed E-state index contributed by atoms with van der Waals surface area (Å²) in [6.45, 7) is 7.40. The second-order valence-electron chi connectivity index (χ2n) is 4.37. The van der Waals surface area contributed by atoms with Crippen LogP contribution in [0.1, 0.15) is 19.4 Å². The van der Waals surface area contributed by atoms with Crippen LogP contribution in [-0.4, -0.2) is 40.9 Å². The van der Waals surface area contributed by atoms with Crippen molar-refractivity contribution in [2.45, 2.75) is 26.4 Å². The van der Waals surface area contributed by atoms with E-state index in [1.165, 1.54) is 5.56 Å². The predicted molar refractivity (Wildman–Crippen MR) is 62.7 cm³/mol. The number of likely N-dealkylation sites (N-methyl/N-ethyl adjacent to an activating group) is 1. The standard InChI is InChI=1S/C11H22N4/c1-10(2)12-5-6-14(3)8-11-7-13-15(4)9-11/h7,9-10,12H,5-6,8H2,1-4H3. The highest BCUT2D eigenvalue weighted by atomic mass is 15.2. The number of rotatable bonds is 6. The molecule has 0 aromatic carbocycles. The quantitative estimate of drug-likeness (QED) is 0.755. The first-order valence-electron chi connectivity index (χ1n) is 5.47. The molecular formula is C11H22N4. The Morgan fingerprint density at radius 1 is 1.53 bits per heavy atom. The van der Waals surface area contributed by atoms with Gasteiger partial charge < -0.3 is 10.2 Å². The summed E-state index contributed by atoms with van der Waals surface area (Å²) < 4.78 is 1.84. The maximum absolute atomic E-state index is 4.15. The van der Waals surface area contributed by atoms with Gasteiger partial charge in [0.05, 0.1) is 6.20 Å². The zero-order valence-corrected chi connectivity index (χ0v) is 10.2. The maximum Gasteiger partial charge on any atom is 0.0534 e. The number of aryl methyl sites for hydroxylation is 1. The fourth-order valence-electron chi connectivity index (χ4n) is 1.49. The van der Waals surface area contributed by atoms with E-state index in [4.69, 9.17) is 0 Å². The average Bonchev–Trinajstić information content (AvgIpc) is 2.50. The number of nitrogens with one attached hydrogen (secondary N) is 1. The van der Waals surface area contributed by atoms with Crippen molar-refractivity contribution in [2.24, 2.45) is 7.05 Å². The van der Waals surface area contributed by atoms with Gasteiger partial charge in [0, 0.05) is 44.5 Å². The molecule has 86 valence electrons. The summed E-state index contributed by atoms with van der Waals surface area (Å²) in [5.41, 5.74) is 1.27. The molecular weight excluding hydrogens is 188 g/mol. The molecule has 15 heavy (non-hydrogen) atoms. The molecule has 0 aliphatic heterocycles. The molecule has 0 radical (unpaired) electrons. The van der Waals surface area contributed by atoms with Crippen molar-refractivity contribution in [3.05, 3.63) is 18.0 Å². The highest BCUT2D eigenvalue weighted by Crippen LogP contribution is 2.00. The molecule has 0 atom stereocenters. The summed E-state index contributed by atoms with van der Waals surface area (Å²) in [4.78, 5) is 2.30. The number of hydrogen-bond acceptors (Lipinski definition) is 3. The molecule has 0 unspecified atom stereocenters. The summed E-state index contributed by atoms with van der Waals surface area (Å²) in [5, 5.41) is 7.56. The van der Waals surface area contributed by atoms with E-state index in [2.05, 4.69) is 42.4 Å². The summed E-state index contributed by atoms with van der Waals surface area (Å²) in [6.07, 6.45) is 3.98. The maximum atomic E-state index is 4.15. The normalized spacial score (nSPS) is 11.6. The van der Waals surface area contributed by atoms with Gasteiger partial charge >= 0.3 is 0 Å². The summed E-state index contributed by atoms with van der Waals surface area (Å²) in [5.74, 6) is 0. The predicted octanol–water partition coefficient (Wildman–Crippen LogP) is 0.850. The lowest BCUT2D eigenvalue weighted by Gasteiger charge is -2.16. The third kappa shape index (κ3) is 4.95. The van der Waals surface area contributed by atoms with Crippen molar-refractivity contribution in [2.75, 3.05) is 20.1 Å². The van der Waals surface area contributed by atoms with Crippen molar-refractivity contribution >= 4 is 0 Å². The van der Waals surface area contributed by atoms with Crippen molar-refractivity contribution < 1.29 is 0 Å². The van der Waals surface area contributed by atoms with Crippen LogP contribution in [0.25, 0.3) is 0 Å². The smallest absolute Gasteiger partial charge is 0.0534 e. The van der Waals surface area contributed by atoms with E-state index in [-0.39, 0.29) is 0 Å². The molecule has 0 saturated carbocycles. The van der Waals surface area contributed by atoms with Gasteiger partial charge in [-0.05, 0) is 7.05 Å². The van der Waals surface area contributed by atoms with Crippen LogP contribution in [0.5, 0.6) is 0 Å². The van der Waals surface area contributed by atoms with Gasteiger partial charge in [0.15, 0.2) is 0 Å². The van der Waals surface area contributed by atoms with Gasteiger partial charge in [0.2, 0.25) is 0 Å². The van der Waals surface area contributed by atoms with E-state index in [0.29, 0.717) is 6.04 Å². The molecule has 0 saturated heterocycles. The second kappa shape index (κ2) is 5.88. The second-order valence-corrected chi connectivity index (χ2v) is 4.37. The molecule has 1 aromatic heterocycles. The minimum atomic E-state index is 0.566. The Hall–Kier alpha value is -0.870. The van der Waals surface area contributed by atoms with E-state index >= 15 is 0 Å². The van der Waals surface area contributed by atoms with Crippen LogP contribution in [0.15, 0.2) is 12.4 Å². The highest BCUT2D eigenvalue weighted by Gasteiger charge is 2.02. The molecule has 1 heterocycles. The highest BCUT2D eigenvalue weighted by molar-refractivity contribution is 5.02. The van der Waals surface area contributed by atoms with E-state index in [9.17, 15) is 0 Å². The lowest BCUT2D eigenvalue weighted by Crippen LogP contribution is -2.32. The fraction of sp³-hybridized carbons (Fsp3) is 0.727. The Bertz CT molecular complexity index is 280. The molecule has 1 N–H and O–H groups in total. The summed E-state index contributed by atoms with van der Waals surface area (Å²) in [7, 11) is 4.08. The summed E-state index contributed by atoms with van der Waals surface area (Å²) >= 11 is 0. The molecule has 4 heteroatoms. The number of nitrogens with zero attached hydrogens (tertiary/aromatic N) is 3. The molecule has 4 nitrogen and oxygen atoms in total. The molecule has 0 aliphatic rings. The lowest BCUT2D eigenvalue weighted by atomic mass is 10.3. The Labute approximate surface area is 92.3 Å². The van der Waals surface area contributed by atoms with Crippen LogP contribution in [0.4, 0.5) is 0 Å². The largest absolute Gasteiger partial charge is 0.313 e.